The van der Waals surface area contributed by atoms with Crippen molar-refractivity contribution in [1.82, 2.24) is 5.32 Å². The van der Waals surface area contributed by atoms with Crippen molar-refractivity contribution in [2.45, 2.75) is 78.7 Å². The van der Waals surface area contributed by atoms with Crippen LogP contribution in [0.3, 0.4) is 0 Å². The van der Waals surface area contributed by atoms with Gasteiger partial charge in [-0.1, -0.05) is 40.5 Å². The predicted octanol–water partition coefficient (Wildman–Crippen LogP) is 4.37. The van der Waals surface area contributed by atoms with Crippen molar-refractivity contribution in [1.29, 1.82) is 0 Å². The molecule has 1 heteroatoms. The summed E-state index contributed by atoms with van der Waals surface area (Å²) in [7, 11) is 0. The summed E-state index contributed by atoms with van der Waals surface area (Å²) < 4.78 is 0. The van der Waals surface area contributed by atoms with Crippen LogP contribution < -0.4 is 5.32 Å². The van der Waals surface area contributed by atoms with Crippen molar-refractivity contribution >= 4 is 0 Å². The van der Waals surface area contributed by atoms with Gasteiger partial charge in [0.05, 0.1) is 0 Å². The largest absolute Gasteiger partial charge is 0.313 e. The Morgan fingerprint density at radius 1 is 1.06 bits per heavy atom. The number of nitrogens with one attached hydrogen (secondary N) is 1. The molecule has 1 nitrogen and oxygen atoms in total. The molecule has 0 radical (unpaired) electrons. The van der Waals surface area contributed by atoms with Crippen LogP contribution in [0.4, 0.5) is 0 Å². The smallest absolute Gasteiger partial charge is 0.00933 e. The first-order valence-electron chi connectivity index (χ1n) is 7.64. The Kier molecular flexibility index (Phi) is 3.87. The quantitative estimate of drug-likeness (QED) is 0.768. The van der Waals surface area contributed by atoms with Gasteiger partial charge >= 0.3 is 0 Å². The first-order chi connectivity index (χ1) is 7.90. The highest BCUT2D eigenvalue weighted by atomic mass is 14.9. The van der Waals surface area contributed by atoms with E-state index in [-0.39, 0.29) is 0 Å². The molecule has 2 atom stereocenters. The molecule has 1 N–H and O–H groups in total. The summed E-state index contributed by atoms with van der Waals surface area (Å²) in [5.74, 6) is 0.851. The molecule has 2 rings (SSSR count). The lowest BCUT2D eigenvalue weighted by atomic mass is 9.70. The number of rotatable bonds is 3. The van der Waals surface area contributed by atoms with E-state index in [0.717, 1.165) is 12.0 Å². The van der Waals surface area contributed by atoms with Crippen molar-refractivity contribution in [3.05, 3.63) is 0 Å². The maximum Gasteiger partial charge on any atom is 0.00933 e. The molecule has 2 unspecified atom stereocenters. The first kappa shape index (κ1) is 13.4. The van der Waals surface area contributed by atoms with E-state index in [1.165, 1.54) is 51.5 Å². The van der Waals surface area contributed by atoms with Crippen LogP contribution in [0.15, 0.2) is 0 Å². The second kappa shape index (κ2) is 4.91. The maximum absolute atomic E-state index is 3.89. The number of hydrogen-bond acceptors (Lipinski definition) is 1. The van der Waals surface area contributed by atoms with E-state index >= 15 is 0 Å². The van der Waals surface area contributed by atoms with Gasteiger partial charge in [0, 0.05) is 12.6 Å². The molecular formula is C16H31N. The summed E-state index contributed by atoms with van der Waals surface area (Å²) in [6.45, 7) is 11.0. The SMILES string of the molecule is CC1CC(C)(C)CCC1NCC1(C)CCCC1. The highest BCUT2D eigenvalue weighted by Gasteiger charge is 2.34. The van der Waals surface area contributed by atoms with E-state index in [2.05, 4.69) is 33.0 Å². The summed E-state index contributed by atoms with van der Waals surface area (Å²) in [6, 6.07) is 0.778. The van der Waals surface area contributed by atoms with Crippen molar-refractivity contribution in [3.8, 4) is 0 Å². The van der Waals surface area contributed by atoms with Crippen LogP contribution in [0.5, 0.6) is 0 Å². The van der Waals surface area contributed by atoms with E-state index in [4.69, 9.17) is 0 Å². The molecular weight excluding hydrogens is 206 g/mol. The molecule has 2 fully saturated rings. The lowest BCUT2D eigenvalue weighted by molar-refractivity contribution is 0.138. The Morgan fingerprint density at radius 3 is 2.29 bits per heavy atom. The molecule has 0 saturated heterocycles. The summed E-state index contributed by atoms with van der Waals surface area (Å²) >= 11 is 0. The van der Waals surface area contributed by atoms with Gasteiger partial charge in [0.15, 0.2) is 0 Å². The minimum Gasteiger partial charge on any atom is -0.313 e. The van der Waals surface area contributed by atoms with E-state index < -0.39 is 0 Å². The van der Waals surface area contributed by atoms with Crippen molar-refractivity contribution in [2.75, 3.05) is 6.54 Å². The Hall–Kier alpha value is -0.0400. The molecule has 0 amide bonds. The molecule has 0 bridgehead atoms. The van der Waals surface area contributed by atoms with Crippen LogP contribution in [0.2, 0.25) is 0 Å². The molecule has 0 aromatic carbocycles. The van der Waals surface area contributed by atoms with Gasteiger partial charge in [-0.3, -0.25) is 0 Å². The zero-order valence-electron chi connectivity index (χ0n) is 12.3. The second-order valence-corrected chi connectivity index (χ2v) is 7.89. The fourth-order valence-electron chi connectivity index (χ4n) is 4.03. The molecule has 17 heavy (non-hydrogen) atoms. The Morgan fingerprint density at radius 2 is 1.71 bits per heavy atom. The first-order valence-corrected chi connectivity index (χ1v) is 7.64. The Bertz CT molecular complexity index is 250. The average Bonchev–Trinajstić information content (AvgIpc) is 2.63. The third kappa shape index (κ3) is 3.47. The molecule has 100 valence electrons. The van der Waals surface area contributed by atoms with Crippen LogP contribution >= 0.6 is 0 Å². The molecule has 2 aliphatic rings. The Balaban J connectivity index is 1.80. The zero-order chi connectivity index (χ0) is 12.5. The van der Waals surface area contributed by atoms with Crippen LogP contribution in [-0.4, -0.2) is 12.6 Å². The molecule has 0 spiro atoms. The Labute approximate surface area is 108 Å². The molecule has 2 aliphatic carbocycles. The number of hydrogen-bond donors (Lipinski definition) is 1. The topological polar surface area (TPSA) is 12.0 Å². The van der Waals surface area contributed by atoms with E-state index in [1.54, 1.807) is 0 Å². The third-order valence-electron chi connectivity index (χ3n) is 5.30. The van der Waals surface area contributed by atoms with Gasteiger partial charge in [0.1, 0.15) is 0 Å². The van der Waals surface area contributed by atoms with Gasteiger partial charge in [0.2, 0.25) is 0 Å². The average molecular weight is 237 g/mol. The van der Waals surface area contributed by atoms with Gasteiger partial charge in [-0.2, -0.15) is 0 Å². The standard InChI is InChI=1S/C16H31N/c1-13-11-15(2,3)10-7-14(13)17-12-16(4)8-5-6-9-16/h13-14,17H,5-12H2,1-4H3. The predicted molar refractivity (Wildman–Crippen MR) is 75.2 cm³/mol. The van der Waals surface area contributed by atoms with Gasteiger partial charge < -0.3 is 5.32 Å². The zero-order valence-corrected chi connectivity index (χ0v) is 12.3. The molecule has 0 aromatic rings. The van der Waals surface area contributed by atoms with Crippen LogP contribution in [-0.2, 0) is 0 Å². The summed E-state index contributed by atoms with van der Waals surface area (Å²) in [5.41, 5.74) is 1.18. The molecule has 2 saturated carbocycles. The van der Waals surface area contributed by atoms with Crippen molar-refractivity contribution in [3.63, 3.8) is 0 Å². The van der Waals surface area contributed by atoms with E-state index in [0.29, 0.717) is 10.8 Å². The van der Waals surface area contributed by atoms with E-state index in [9.17, 15) is 0 Å². The van der Waals surface area contributed by atoms with Crippen LogP contribution in [0.25, 0.3) is 0 Å². The lowest BCUT2D eigenvalue weighted by Gasteiger charge is -2.41. The molecule has 0 aromatic heterocycles. The summed E-state index contributed by atoms with van der Waals surface area (Å²) in [4.78, 5) is 0. The van der Waals surface area contributed by atoms with Crippen molar-refractivity contribution in [2.24, 2.45) is 16.7 Å². The highest BCUT2D eigenvalue weighted by molar-refractivity contribution is 4.89. The van der Waals surface area contributed by atoms with Crippen LogP contribution in [0, 0.1) is 16.7 Å². The minimum atomic E-state index is 0.578. The van der Waals surface area contributed by atoms with Gasteiger partial charge in [0.25, 0.3) is 0 Å². The fraction of sp³-hybridized carbons (Fsp3) is 1.00. The second-order valence-electron chi connectivity index (χ2n) is 7.89. The molecule has 0 heterocycles. The van der Waals surface area contributed by atoms with E-state index in [1.807, 2.05) is 0 Å². The summed E-state index contributed by atoms with van der Waals surface area (Å²) in [5, 5.41) is 3.89. The maximum atomic E-state index is 3.89. The van der Waals surface area contributed by atoms with Gasteiger partial charge in [-0.15, -0.1) is 0 Å². The third-order valence-corrected chi connectivity index (χ3v) is 5.30. The fourth-order valence-corrected chi connectivity index (χ4v) is 4.03. The van der Waals surface area contributed by atoms with Crippen LogP contribution in [0.1, 0.15) is 72.6 Å². The van der Waals surface area contributed by atoms with Gasteiger partial charge in [-0.05, 0) is 48.9 Å². The monoisotopic (exact) mass is 237 g/mol. The van der Waals surface area contributed by atoms with Crippen molar-refractivity contribution < 1.29 is 0 Å². The normalized spacial score (nSPS) is 36.0. The van der Waals surface area contributed by atoms with Gasteiger partial charge in [-0.25, -0.2) is 0 Å². The lowest BCUT2D eigenvalue weighted by Crippen LogP contribution is -2.45. The summed E-state index contributed by atoms with van der Waals surface area (Å²) in [6.07, 6.45) is 9.94. The minimum absolute atomic E-state index is 0.578. The highest BCUT2D eigenvalue weighted by Crippen LogP contribution is 2.40. The molecule has 0 aliphatic heterocycles.